The molecule has 2 rings (SSSR count). The minimum Gasteiger partial charge on any atom is -0.341 e. The first-order valence-electron chi connectivity index (χ1n) is 7.69. The maximum atomic E-state index is 13.1. The predicted molar refractivity (Wildman–Crippen MR) is 86.8 cm³/mol. The molecule has 1 aromatic carbocycles. The molecule has 0 saturated carbocycles. The smallest absolute Gasteiger partial charge is 0.315 e. The predicted octanol–water partition coefficient (Wildman–Crippen LogP) is 2.85. The van der Waals surface area contributed by atoms with Gasteiger partial charge in [-0.2, -0.15) is 0 Å². The number of carbonyl (C=O) groups excluding carboxylic acids is 2. The van der Waals surface area contributed by atoms with E-state index in [1.807, 2.05) is 0 Å². The van der Waals surface area contributed by atoms with Crippen LogP contribution < -0.4 is 10.6 Å². The van der Waals surface area contributed by atoms with Gasteiger partial charge >= 0.3 is 6.03 Å². The van der Waals surface area contributed by atoms with Crippen LogP contribution in [0.15, 0.2) is 18.2 Å². The number of amides is 3. The van der Waals surface area contributed by atoms with Crippen molar-refractivity contribution in [3.8, 4) is 0 Å². The fourth-order valence-electron chi connectivity index (χ4n) is 2.64. The van der Waals surface area contributed by atoms with E-state index >= 15 is 0 Å². The van der Waals surface area contributed by atoms with Gasteiger partial charge in [0, 0.05) is 18.1 Å². The molecule has 0 bridgehead atoms. The van der Waals surface area contributed by atoms with Gasteiger partial charge in [-0.05, 0) is 44.4 Å². The van der Waals surface area contributed by atoms with Crippen LogP contribution in [0, 0.1) is 5.82 Å². The number of benzene rings is 1. The molecule has 0 unspecified atom stereocenters. The third-order valence-corrected chi connectivity index (χ3v) is 4.24. The zero-order chi connectivity index (χ0) is 17.0. The summed E-state index contributed by atoms with van der Waals surface area (Å²) in [6, 6.07) is 2.56. The standard InChI is InChI=1S/C16H21ClFN3O2/c1-10(13-6-5-12(18)9-14(13)17)19-16(23)20-11(2)15(22)21-7-3-4-8-21/h5-6,9-11H,3-4,7-8H2,1-2H3,(H2,19,20,23)/t10-,11-/m0/s1. The normalized spacial score (nSPS) is 16.8. The van der Waals surface area contributed by atoms with Gasteiger partial charge in [0.1, 0.15) is 11.9 Å². The van der Waals surface area contributed by atoms with Gasteiger partial charge in [-0.3, -0.25) is 4.79 Å². The molecule has 23 heavy (non-hydrogen) atoms. The minimum atomic E-state index is -0.594. The van der Waals surface area contributed by atoms with Crippen molar-refractivity contribution in [1.82, 2.24) is 15.5 Å². The molecular weight excluding hydrogens is 321 g/mol. The summed E-state index contributed by atoms with van der Waals surface area (Å²) >= 11 is 5.98. The highest BCUT2D eigenvalue weighted by molar-refractivity contribution is 6.31. The third kappa shape index (κ3) is 4.58. The molecule has 2 atom stereocenters. The number of halogens is 2. The van der Waals surface area contributed by atoms with Crippen LogP contribution in [-0.2, 0) is 4.79 Å². The number of likely N-dealkylation sites (tertiary alicyclic amines) is 1. The van der Waals surface area contributed by atoms with E-state index in [4.69, 9.17) is 11.6 Å². The fourth-order valence-corrected chi connectivity index (χ4v) is 2.97. The Morgan fingerprint density at radius 2 is 1.87 bits per heavy atom. The van der Waals surface area contributed by atoms with Crippen molar-refractivity contribution in [3.05, 3.63) is 34.6 Å². The van der Waals surface area contributed by atoms with E-state index in [1.54, 1.807) is 18.7 Å². The van der Waals surface area contributed by atoms with E-state index in [9.17, 15) is 14.0 Å². The number of nitrogens with one attached hydrogen (secondary N) is 2. The number of urea groups is 1. The van der Waals surface area contributed by atoms with Gasteiger partial charge in [-0.25, -0.2) is 9.18 Å². The van der Waals surface area contributed by atoms with Gasteiger partial charge in [0.2, 0.25) is 5.91 Å². The summed E-state index contributed by atoms with van der Waals surface area (Å²) in [5.41, 5.74) is 0.613. The molecule has 0 radical (unpaired) electrons. The van der Waals surface area contributed by atoms with Crippen LogP contribution >= 0.6 is 11.6 Å². The van der Waals surface area contributed by atoms with Gasteiger partial charge in [0.05, 0.1) is 6.04 Å². The van der Waals surface area contributed by atoms with E-state index < -0.39 is 23.9 Å². The van der Waals surface area contributed by atoms with Gasteiger partial charge in [0.15, 0.2) is 0 Å². The molecule has 5 nitrogen and oxygen atoms in total. The fraction of sp³-hybridized carbons (Fsp3) is 0.500. The summed E-state index contributed by atoms with van der Waals surface area (Å²) < 4.78 is 13.1. The Labute approximate surface area is 140 Å². The van der Waals surface area contributed by atoms with Crippen molar-refractivity contribution in [2.45, 2.75) is 38.8 Å². The number of carbonyl (C=O) groups is 2. The topological polar surface area (TPSA) is 61.4 Å². The number of nitrogens with zero attached hydrogens (tertiary/aromatic N) is 1. The Morgan fingerprint density at radius 1 is 1.22 bits per heavy atom. The van der Waals surface area contributed by atoms with Crippen LogP contribution in [0.25, 0.3) is 0 Å². The van der Waals surface area contributed by atoms with Gasteiger partial charge in [-0.1, -0.05) is 17.7 Å². The summed E-state index contributed by atoms with van der Waals surface area (Å²) in [6.07, 6.45) is 2.01. The minimum absolute atomic E-state index is 0.0786. The van der Waals surface area contributed by atoms with Crippen LogP contribution in [0.2, 0.25) is 5.02 Å². The molecule has 1 fully saturated rings. The van der Waals surface area contributed by atoms with Crippen LogP contribution in [0.5, 0.6) is 0 Å². The maximum Gasteiger partial charge on any atom is 0.315 e. The maximum absolute atomic E-state index is 13.1. The Morgan fingerprint density at radius 3 is 2.48 bits per heavy atom. The molecule has 2 N–H and O–H groups in total. The molecule has 7 heteroatoms. The van der Waals surface area contributed by atoms with Crippen molar-refractivity contribution in [2.24, 2.45) is 0 Å². The molecule has 1 saturated heterocycles. The lowest BCUT2D eigenvalue weighted by molar-refractivity contribution is -0.131. The number of rotatable bonds is 4. The van der Waals surface area contributed by atoms with Gasteiger partial charge in [0.25, 0.3) is 0 Å². The molecule has 1 aromatic rings. The lowest BCUT2D eigenvalue weighted by atomic mass is 10.1. The van der Waals surface area contributed by atoms with E-state index in [0.29, 0.717) is 5.56 Å². The average Bonchev–Trinajstić information content (AvgIpc) is 2.99. The van der Waals surface area contributed by atoms with Crippen LogP contribution in [0.1, 0.15) is 38.3 Å². The summed E-state index contributed by atoms with van der Waals surface area (Å²) in [4.78, 5) is 25.9. The van der Waals surface area contributed by atoms with Crippen molar-refractivity contribution < 1.29 is 14.0 Å². The number of hydrogen-bond acceptors (Lipinski definition) is 2. The summed E-state index contributed by atoms with van der Waals surface area (Å²) in [6.45, 7) is 4.89. The first-order valence-corrected chi connectivity index (χ1v) is 8.07. The molecule has 126 valence electrons. The highest BCUT2D eigenvalue weighted by Crippen LogP contribution is 2.23. The molecule has 0 aromatic heterocycles. The molecule has 1 aliphatic rings. The van der Waals surface area contributed by atoms with E-state index in [1.165, 1.54) is 18.2 Å². The monoisotopic (exact) mass is 341 g/mol. The summed E-state index contributed by atoms with van der Waals surface area (Å²) in [7, 11) is 0. The van der Waals surface area contributed by atoms with Crippen molar-refractivity contribution >= 4 is 23.5 Å². The molecule has 1 heterocycles. The molecule has 0 aliphatic carbocycles. The largest absolute Gasteiger partial charge is 0.341 e. The average molecular weight is 342 g/mol. The quantitative estimate of drug-likeness (QED) is 0.884. The van der Waals surface area contributed by atoms with Crippen LogP contribution in [0.4, 0.5) is 9.18 Å². The van der Waals surface area contributed by atoms with Crippen molar-refractivity contribution in [1.29, 1.82) is 0 Å². The van der Waals surface area contributed by atoms with Gasteiger partial charge < -0.3 is 15.5 Å². The lowest BCUT2D eigenvalue weighted by Crippen LogP contribution is -2.49. The molecule has 3 amide bonds. The zero-order valence-corrected chi connectivity index (χ0v) is 14.0. The van der Waals surface area contributed by atoms with Crippen LogP contribution in [-0.4, -0.2) is 36.0 Å². The Kier molecular flexibility index (Phi) is 5.82. The molecule has 1 aliphatic heterocycles. The highest BCUT2D eigenvalue weighted by Gasteiger charge is 2.24. The second-order valence-corrected chi connectivity index (χ2v) is 6.17. The number of hydrogen-bond donors (Lipinski definition) is 2. The van der Waals surface area contributed by atoms with Crippen LogP contribution in [0.3, 0.4) is 0 Å². The Hall–Kier alpha value is -1.82. The SMILES string of the molecule is C[C@H](NC(=O)N[C@@H](C)c1ccc(F)cc1Cl)C(=O)N1CCCC1. The Bertz CT molecular complexity index is 591. The highest BCUT2D eigenvalue weighted by atomic mass is 35.5. The summed E-state index contributed by atoms with van der Waals surface area (Å²) in [5, 5.41) is 5.58. The first kappa shape index (κ1) is 17.5. The third-order valence-electron chi connectivity index (χ3n) is 3.91. The Balaban J connectivity index is 1.89. The first-order chi connectivity index (χ1) is 10.9. The van der Waals surface area contributed by atoms with Gasteiger partial charge in [-0.15, -0.1) is 0 Å². The van der Waals surface area contributed by atoms with Crippen molar-refractivity contribution in [2.75, 3.05) is 13.1 Å². The van der Waals surface area contributed by atoms with E-state index in [-0.39, 0.29) is 10.9 Å². The second kappa shape index (κ2) is 7.64. The van der Waals surface area contributed by atoms with E-state index in [2.05, 4.69) is 10.6 Å². The van der Waals surface area contributed by atoms with E-state index in [0.717, 1.165) is 25.9 Å². The van der Waals surface area contributed by atoms with Crippen molar-refractivity contribution in [3.63, 3.8) is 0 Å². The summed E-state index contributed by atoms with van der Waals surface area (Å²) in [5.74, 6) is -0.509. The molecular formula is C16H21ClFN3O2. The lowest BCUT2D eigenvalue weighted by Gasteiger charge is -2.22. The second-order valence-electron chi connectivity index (χ2n) is 5.76. The zero-order valence-electron chi connectivity index (χ0n) is 13.2. The molecule has 0 spiro atoms.